The summed E-state index contributed by atoms with van der Waals surface area (Å²) in [6, 6.07) is 8.89. The van der Waals surface area contributed by atoms with E-state index >= 15 is 0 Å². The summed E-state index contributed by atoms with van der Waals surface area (Å²) in [7, 11) is -3.11. The number of sulfonamides is 1. The molecule has 1 atom stereocenters. The first-order valence-electron chi connectivity index (χ1n) is 6.88. The van der Waals surface area contributed by atoms with E-state index < -0.39 is 10.0 Å². The van der Waals surface area contributed by atoms with Crippen LogP contribution in [0.5, 0.6) is 0 Å². The molecule has 0 fully saturated rings. The van der Waals surface area contributed by atoms with E-state index in [2.05, 4.69) is 34.3 Å². The van der Waals surface area contributed by atoms with Gasteiger partial charge in [0, 0.05) is 19.1 Å². The minimum atomic E-state index is -3.11. The van der Waals surface area contributed by atoms with Crippen molar-refractivity contribution in [2.75, 3.05) is 18.8 Å². The van der Waals surface area contributed by atoms with E-state index in [1.54, 1.807) is 6.92 Å². The summed E-state index contributed by atoms with van der Waals surface area (Å²) in [5.41, 5.74) is 2.82. The van der Waals surface area contributed by atoms with Crippen LogP contribution in [0.4, 0.5) is 0 Å². The zero-order valence-corrected chi connectivity index (χ0v) is 12.2. The van der Waals surface area contributed by atoms with E-state index in [9.17, 15) is 8.42 Å². The zero-order valence-electron chi connectivity index (χ0n) is 11.4. The number of rotatable bonds is 6. The number of hydrogen-bond acceptors (Lipinski definition) is 3. The molecule has 0 aliphatic heterocycles. The quantitative estimate of drug-likeness (QED) is 0.820. The van der Waals surface area contributed by atoms with Crippen molar-refractivity contribution in [2.24, 2.45) is 0 Å². The summed E-state index contributed by atoms with van der Waals surface area (Å²) < 4.78 is 25.5. The van der Waals surface area contributed by atoms with Crippen molar-refractivity contribution >= 4 is 10.0 Å². The molecule has 0 radical (unpaired) electrons. The summed E-state index contributed by atoms with van der Waals surface area (Å²) in [5.74, 6) is 0.152. The highest BCUT2D eigenvalue weighted by atomic mass is 32.2. The Morgan fingerprint density at radius 2 is 2.00 bits per heavy atom. The molecule has 1 aliphatic rings. The Hall–Kier alpha value is -0.910. The first kappa shape index (κ1) is 14.5. The molecular formula is C14H22N2O2S. The molecular weight excluding hydrogens is 260 g/mol. The largest absolute Gasteiger partial charge is 0.313 e. The molecule has 0 aromatic heterocycles. The fourth-order valence-corrected chi connectivity index (χ4v) is 3.53. The smallest absolute Gasteiger partial charge is 0.212 e. The van der Waals surface area contributed by atoms with Crippen molar-refractivity contribution in [3.63, 3.8) is 0 Å². The maximum absolute atomic E-state index is 11.5. The van der Waals surface area contributed by atoms with Crippen molar-refractivity contribution in [1.29, 1.82) is 0 Å². The molecule has 0 bridgehead atoms. The summed E-state index contributed by atoms with van der Waals surface area (Å²) in [5, 5.41) is 3.36. The second-order valence-corrected chi connectivity index (χ2v) is 6.91. The first-order valence-corrected chi connectivity index (χ1v) is 8.53. The molecule has 2 rings (SSSR count). The van der Waals surface area contributed by atoms with Crippen molar-refractivity contribution in [1.82, 2.24) is 10.0 Å². The summed E-state index contributed by atoms with van der Waals surface area (Å²) in [6.07, 6.45) is 3.16. The lowest BCUT2D eigenvalue weighted by atomic mass is 9.88. The number of nitrogens with one attached hydrogen (secondary N) is 2. The zero-order chi connectivity index (χ0) is 13.7. The van der Waals surface area contributed by atoms with Crippen LogP contribution in [0.3, 0.4) is 0 Å². The molecule has 2 N–H and O–H groups in total. The van der Waals surface area contributed by atoms with Crippen molar-refractivity contribution in [3.8, 4) is 0 Å². The van der Waals surface area contributed by atoms with Crippen LogP contribution >= 0.6 is 0 Å². The van der Waals surface area contributed by atoms with Gasteiger partial charge in [0.25, 0.3) is 0 Å². The lowest BCUT2D eigenvalue weighted by molar-refractivity contribution is 0.469. The van der Waals surface area contributed by atoms with E-state index in [4.69, 9.17) is 0 Å². The van der Waals surface area contributed by atoms with Gasteiger partial charge in [0.05, 0.1) is 5.75 Å². The predicted octanol–water partition coefficient (Wildman–Crippen LogP) is 1.07. The van der Waals surface area contributed by atoms with Crippen molar-refractivity contribution < 1.29 is 8.42 Å². The second-order valence-electron chi connectivity index (χ2n) is 4.98. The molecule has 106 valence electrons. The van der Waals surface area contributed by atoms with E-state index in [-0.39, 0.29) is 5.75 Å². The standard InChI is InChI=1S/C14H22N2O2S/c1-2-16-19(17,18)10-9-15-14-8-7-12-5-3-4-6-13(12)11-14/h3-6,14-16H,2,7-11H2,1H3. The molecule has 19 heavy (non-hydrogen) atoms. The van der Waals surface area contributed by atoms with Gasteiger partial charge in [0.1, 0.15) is 0 Å². The topological polar surface area (TPSA) is 58.2 Å². The van der Waals surface area contributed by atoms with Gasteiger partial charge in [0.2, 0.25) is 10.0 Å². The average molecular weight is 282 g/mol. The van der Waals surface area contributed by atoms with Crippen LogP contribution in [0.15, 0.2) is 24.3 Å². The van der Waals surface area contributed by atoms with Gasteiger partial charge in [-0.3, -0.25) is 0 Å². The predicted molar refractivity (Wildman–Crippen MR) is 77.7 cm³/mol. The summed E-state index contributed by atoms with van der Waals surface area (Å²) >= 11 is 0. The Bertz CT molecular complexity index is 514. The molecule has 0 spiro atoms. The van der Waals surface area contributed by atoms with Gasteiger partial charge in [0.15, 0.2) is 0 Å². The van der Waals surface area contributed by atoms with Crippen LogP contribution in [0.25, 0.3) is 0 Å². The maximum atomic E-state index is 11.5. The first-order chi connectivity index (χ1) is 9.11. The van der Waals surface area contributed by atoms with Gasteiger partial charge in [-0.15, -0.1) is 0 Å². The highest BCUT2D eigenvalue weighted by molar-refractivity contribution is 7.89. The molecule has 0 heterocycles. The molecule has 0 amide bonds. The van der Waals surface area contributed by atoms with Crippen molar-refractivity contribution in [3.05, 3.63) is 35.4 Å². The Balaban J connectivity index is 1.80. The molecule has 1 aromatic carbocycles. The number of benzene rings is 1. The van der Waals surface area contributed by atoms with Gasteiger partial charge in [-0.25, -0.2) is 13.1 Å². The third-order valence-electron chi connectivity index (χ3n) is 3.51. The number of fused-ring (bicyclic) bond motifs is 1. The lowest BCUT2D eigenvalue weighted by Crippen LogP contribution is -2.39. The Morgan fingerprint density at radius 3 is 2.74 bits per heavy atom. The van der Waals surface area contributed by atoms with E-state index in [1.807, 2.05) is 0 Å². The number of hydrogen-bond donors (Lipinski definition) is 2. The molecule has 1 aliphatic carbocycles. The van der Waals surface area contributed by atoms with Crippen molar-refractivity contribution in [2.45, 2.75) is 32.2 Å². The van der Waals surface area contributed by atoms with Crippen LogP contribution in [-0.4, -0.2) is 33.3 Å². The normalized spacial score (nSPS) is 19.1. The van der Waals surface area contributed by atoms with Crippen LogP contribution in [0.2, 0.25) is 0 Å². The van der Waals surface area contributed by atoms with Crippen LogP contribution in [0.1, 0.15) is 24.5 Å². The minimum Gasteiger partial charge on any atom is -0.313 e. The number of aryl methyl sites for hydroxylation is 1. The fraction of sp³-hybridized carbons (Fsp3) is 0.571. The molecule has 5 heteroatoms. The monoisotopic (exact) mass is 282 g/mol. The fourth-order valence-electron chi connectivity index (χ4n) is 2.56. The van der Waals surface area contributed by atoms with Gasteiger partial charge < -0.3 is 5.32 Å². The molecule has 0 saturated heterocycles. The SMILES string of the molecule is CCNS(=O)(=O)CCNC1CCc2ccccc2C1. The van der Waals surface area contributed by atoms with Gasteiger partial charge in [-0.2, -0.15) is 0 Å². The van der Waals surface area contributed by atoms with Gasteiger partial charge in [-0.1, -0.05) is 31.2 Å². The third kappa shape index (κ3) is 4.30. The van der Waals surface area contributed by atoms with E-state index in [0.717, 1.165) is 19.3 Å². The lowest BCUT2D eigenvalue weighted by Gasteiger charge is -2.25. The second kappa shape index (κ2) is 6.50. The van der Waals surface area contributed by atoms with Crippen LogP contribution < -0.4 is 10.0 Å². The Morgan fingerprint density at radius 1 is 1.26 bits per heavy atom. The van der Waals surface area contributed by atoms with Gasteiger partial charge >= 0.3 is 0 Å². The summed E-state index contributed by atoms with van der Waals surface area (Å²) in [6.45, 7) is 2.77. The minimum absolute atomic E-state index is 0.152. The van der Waals surface area contributed by atoms with Gasteiger partial charge in [-0.05, 0) is 30.4 Å². The van der Waals surface area contributed by atoms with E-state index in [1.165, 1.54) is 11.1 Å². The molecule has 1 aromatic rings. The van der Waals surface area contributed by atoms with Crippen LogP contribution in [0, 0.1) is 0 Å². The maximum Gasteiger partial charge on any atom is 0.212 e. The molecule has 4 nitrogen and oxygen atoms in total. The molecule has 1 unspecified atom stereocenters. The third-order valence-corrected chi connectivity index (χ3v) is 4.98. The van der Waals surface area contributed by atoms with Crippen LogP contribution in [-0.2, 0) is 22.9 Å². The highest BCUT2D eigenvalue weighted by Crippen LogP contribution is 2.20. The summed E-state index contributed by atoms with van der Waals surface area (Å²) in [4.78, 5) is 0. The Kier molecular flexibility index (Phi) is 4.96. The average Bonchev–Trinajstić information content (AvgIpc) is 2.38. The Labute approximate surface area is 115 Å². The highest BCUT2D eigenvalue weighted by Gasteiger charge is 2.18. The molecule has 0 saturated carbocycles. The van der Waals surface area contributed by atoms with E-state index in [0.29, 0.717) is 19.1 Å².